The second-order valence-electron chi connectivity index (χ2n) is 7.08. The number of halogens is 2. The minimum Gasteiger partial charge on any atom is -0.339 e. The van der Waals surface area contributed by atoms with Gasteiger partial charge in [0.05, 0.1) is 0 Å². The standard InChI is InChI=1S/C19H25FN4O2.ClH/c1-12-7-8-24(15(9-12)11-21)18(25)6-5-17-22-19(23-26-17)14-3-4-16(20)13(2)10-14;/h3-4,10,12,15H,5-9,11,21H2,1-2H3;1H. The van der Waals surface area contributed by atoms with E-state index in [1.807, 2.05) is 4.90 Å². The molecule has 2 unspecified atom stereocenters. The molecule has 1 aromatic carbocycles. The van der Waals surface area contributed by atoms with Crippen LogP contribution in [0.5, 0.6) is 0 Å². The largest absolute Gasteiger partial charge is 0.339 e. The number of amides is 1. The van der Waals surface area contributed by atoms with Crippen molar-refractivity contribution in [1.29, 1.82) is 0 Å². The maximum absolute atomic E-state index is 13.4. The molecule has 1 aliphatic rings. The molecule has 0 saturated carbocycles. The molecular weight excluding hydrogens is 371 g/mol. The quantitative estimate of drug-likeness (QED) is 0.839. The lowest BCUT2D eigenvalue weighted by atomic mass is 9.92. The van der Waals surface area contributed by atoms with Crippen molar-refractivity contribution < 1.29 is 13.7 Å². The summed E-state index contributed by atoms with van der Waals surface area (Å²) in [6, 6.07) is 4.79. The van der Waals surface area contributed by atoms with E-state index >= 15 is 0 Å². The second-order valence-corrected chi connectivity index (χ2v) is 7.08. The highest BCUT2D eigenvalue weighted by atomic mass is 35.5. The lowest BCUT2D eigenvalue weighted by molar-refractivity contribution is -0.135. The number of carbonyl (C=O) groups excluding carboxylic acids is 1. The van der Waals surface area contributed by atoms with Gasteiger partial charge < -0.3 is 15.2 Å². The summed E-state index contributed by atoms with van der Waals surface area (Å²) in [6.07, 6.45) is 2.66. The first kappa shape index (κ1) is 21.3. The number of rotatable bonds is 5. The van der Waals surface area contributed by atoms with Crippen molar-refractivity contribution in [3.8, 4) is 11.4 Å². The SMILES string of the molecule is Cc1cc(-c2noc(CCC(=O)N3CCC(C)CC3CN)n2)ccc1F.Cl. The van der Waals surface area contributed by atoms with Crippen LogP contribution in [-0.2, 0) is 11.2 Å². The van der Waals surface area contributed by atoms with E-state index in [9.17, 15) is 9.18 Å². The monoisotopic (exact) mass is 396 g/mol. The number of nitrogens with two attached hydrogens (primary N) is 1. The summed E-state index contributed by atoms with van der Waals surface area (Å²) >= 11 is 0. The van der Waals surface area contributed by atoms with Crippen molar-refractivity contribution in [2.24, 2.45) is 11.7 Å². The van der Waals surface area contributed by atoms with Crippen LogP contribution in [0.2, 0.25) is 0 Å². The van der Waals surface area contributed by atoms with Crippen LogP contribution < -0.4 is 5.73 Å². The Morgan fingerprint density at radius 2 is 2.22 bits per heavy atom. The average molecular weight is 397 g/mol. The Kier molecular flexibility index (Phi) is 7.33. The van der Waals surface area contributed by atoms with Gasteiger partial charge in [-0.15, -0.1) is 12.4 Å². The normalized spacial score (nSPS) is 19.6. The van der Waals surface area contributed by atoms with Gasteiger partial charge in [-0.25, -0.2) is 4.39 Å². The zero-order valence-electron chi connectivity index (χ0n) is 15.7. The summed E-state index contributed by atoms with van der Waals surface area (Å²) in [5, 5.41) is 3.94. The lowest BCUT2D eigenvalue weighted by Crippen LogP contribution is -2.49. The molecule has 1 amide bonds. The van der Waals surface area contributed by atoms with Gasteiger partial charge in [-0.3, -0.25) is 4.79 Å². The van der Waals surface area contributed by atoms with Gasteiger partial charge >= 0.3 is 0 Å². The number of carbonyl (C=O) groups is 1. The third-order valence-electron chi connectivity index (χ3n) is 5.01. The van der Waals surface area contributed by atoms with E-state index in [1.54, 1.807) is 19.1 Å². The van der Waals surface area contributed by atoms with E-state index in [1.165, 1.54) is 6.07 Å². The molecule has 0 spiro atoms. The fourth-order valence-electron chi connectivity index (χ4n) is 3.42. The number of piperidine rings is 1. The first-order chi connectivity index (χ1) is 12.5. The number of aromatic nitrogens is 2. The topological polar surface area (TPSA) is 85.2 Å². The van der Waals surface area contributed by atoms with Crippen molar-refractivity contribution in [3.63, 3.8) is 0 Å². The number of hydrogen-bond donors (Lipinski definition) is 1. The number of benzene rings is 1. The molecule has 2 aromatic rings. The molecule has 148 valence electrons. The van der Waals surface area contributed by atoms with Crippen molar-refractivity contribution in [2.75, 3.05) is 13.1 Å². The molecule has 6 nitrogen and oxygen atoms in total. The van der Waals surface area contributed by atoms with Crippen molar-refractivity contribution in [3.05, 3.63) is 35.5 Å². The maximum Gasteiger partial charge on any atom is 0.227 e. The zero-order valence-corrected chi connectivity index (χ0v) is 16.5. The highest BCUT2D eigenvalue weighted by molar-refractivity contribution is 5.85. The van der Waals surface area contributed by atoms with Crippen molar-refractivity contribution in [1.82, 2.24) is 15.0 Å². The van der Waals surface area contributed by atoms with Crippen LogP contribution in [0.15, 0.2) is 22.7 Å². The van der Waals surface area contributed by atoms with Gasteiger partial charge in [0.2, 0.25) is 17.6 Å². The summed E-state index contributed by atoms with van der Waals surface area (Å²) in [6.45, 7) is 5.13. The number of hydrogen-bond acceptors (Lipinski definition) is 5. The van der Waals surface area contributed by atoms with Crippen molar-refractivity contribution in [2.45, 2.75) is 45.6 Å². The fourth-order valence-corrected chi connectivity index (χ4v) is 3.42. The number of likely N-dealkylation sites (tertiary alicyclic amines) is 1. The van der Waals surface area contributed by atoms with Gasteiger partial charge in [-0.1, -0.05) is 12.1 Å². The van der Waals surface area contributed by atoms with Gasteiger partial charge in [-0.05, 0) is 49.4 Å². The van der Waals surface area contributed by atoms with Crippen LogP contribution in [0.3, 0.4) is 0 Å². The molecule has 0 bridgehead atoms. The first-order valence-corrected chi connectivity index (χ1v) is 9.06. The van der Waals surface area contributed by atoms with Crippen LogP contribution in [-0.4, -0.2) is 40.1 Å². The van der Waals surface area contributed by atoms with Crippen LogP contribution >= 0.6 is 12.4 Å². The molecule has 1 aliphatic heterocycles. The third kappa shape index (κ3) is 5.05. The predicted molar refractivity (Wildman–Crippen MR) is 103 cm³/mol. The molecule has 0 radical (unpaired) electrons. The second kappa shape index (κ2) is 9.28. The number of nitrogens with zero attached hydrogens (tertiary/aromatic N) is 3. The van der Waals surface area contributed by atoms with E-state index in [4.69, 9.17) is 10.3 Å². The van der Waals surface area contributed by atoms with Crippen molar-refractivity contribution >= 4 is 18.3 Å². The predicted octanol–water partition coefficient (Wildman–Crippen LogP) is 3.12. The van der Waals surface area contributed by atoms with E-state index < -0.39 is 0 Å². The zero-order chi connectivity index (χ0) is 18.7. The number of aryl methyl sites for hydroxylation is 2. The first-order valence-electron chi connectivity index (χ1n) is 9.06. The minimum absolute atomic E-state index is 0. The van der Waals surface area contributed by atoms with E-state index in [2.05, 4.69) is 17.1 Å². The lowest BCUT2D eigenvalue weighted by Gasteiger charge is -2.38. The summed E-state index contributed by atoms with van der Waals surface area (Å²) in [7, 11) is 0. The molecule has 2 heterocycles. The van der Waals surface area contributed by atoms with Crippen LogP contribution in [0.1, 0.15) is 37.6 Å². The molecule has 8 heteroatoms. The molecule has 1 aromatic heterocycles. The van der Waals surface area contributed by atoms with Gasteiger partial charge in [0.25, 0.3) is 0 Å². The maximum atomic E-state index is 13.4. The van der Waals surface area contributed by atoms with Gasteiger partial charge in [0.15, 0.2) is 0 Å². The van der Waals surface area contributed by atoms with E-state index in [-0.39, 0.29) is 30.2 Å². The van der Waals surface area contributed by atoms with E-state index in [0.29, 0.717) is 48.1 Å². The minimum atomic E-state index is -0.270. The molecule has 27 heavy (non-hydrogen) atoms. The van der Waals surface area contributed by atoms with Crippen LogP contribution in [0.4, 0.5) is 4.39 Å². The average Bonchev–Trinajstić information content (AvgIpc) is 3.11. The Bertz CT molecular complexity index is 783. The molecule has 1 fully saturated rings. The van der Waals surface area contributed by atoms with Gasteiger partial charge in [0.1, 0.15) is 5.82 Å². The third-order valence-corrected chi connectivity index (χ3v) is 5.01. The fraction of sp³-hybridized carbons (Fsp3) is 0.526. The van der Waals surface area contributed by atoms with Crippen LogP contribution in [0, 0.1) is 18.7 Å². The smallest absolute Gasteiger partial charge is 0.227 e. The van der Waals surface area contributed by atoms with Gasteiger partial charge in [-0.2, -0.15) is 4.98 Å². The highest BCUT2D eigenvalue weighted by Gasteiger charge is 2.28. The highest BCUT2D eigenvalue weighted by Crippen LogP contribution is 2.23. The molecule has 3 rings (SSSR count). The summed E-state index contributed by atoms with van der Waals surface area (Å²) in [5.74, 6) is 1.22. The van der Waals surface area contributed by atoms with E-state index in [0.717, 1.165) is 19.4 Å². The Hall–Kier alpha value is -1.99. The van der Waals surface area contributed by atoms with Crippen LogP contribution in [0.25, 0.3) is 11.4 Å². The summed E-state index contributed by atoms with van der Waals surface area (Å²) in [5.41, 5.74) is 7.05. The molecule has 2 N–H and O–H groups in total. The molecule has 1 saturated heterocycles. The molecule has 0 aliphatic carbocycles. The summed E-state index contributed by atoms with van der Waals surface area (Å²) < 4.78 is 18.6. The summed E-state index contributed by atoms with van der Waals surface area (Å²) in [4.78, 5) is 18.8. The Morgan fingerprint density at radius 3 is 2.93 bits per heavy atom. The Labute approximate surface area is 164 Å². The van der Waals surface area contributed by atoms with Gasteiger partial charge in [0, 0.05) is 37.5 Å². The molecular formula is C19H26ClFN4O2. The molecule has 2 atom stereocenters. The Morgan fingerprint density at radius 1 is 1.44 bits per heavy atom. The Balaban J connectivity index is 0.00000261.